The number of anilines is 1. The number of carbonyl (C=O) groups excluding carboxylic acids is 1. The number of H-pyrrole nitrogens is 1. The van der Waals surface area contributed by atoms with Crippen LogP contribution in [-0.4, -0.2) is 79.2 Å². The van der Waals surface area contributed by atoms with E-state index >= 15 is 0 Å². The first-order valence-corrected chi connectivity index (χ1v) is 13.3. The predicted octanol–water partition coefficient (Wildman–Crippen LogP) is 3.28. The van der Waals surface area contributed by atoms with E-state index in [9.17, 15) is 4.79 Å². The summed E-state index contributed by atoms with van der Waals surface area (Å²) in [6, 6.07) is 11.8. The minimum atomic E-state index is 0.0464. The van der Waals surface area contributed by atoms with E-state index in [1.165, 1.54) is 0 Å². The topological polar surface area (TPSA) is 105 Å². The summed E-state index contributed by atoms with van der Waals surface area (Å²) in [7, 11) is 0. The first-order valence-electron chi connectivity index (χ1n) is 12.5. The Morgan fingerprint density at radius 3 is 2.78 bits per heavy atom. The fraction of sp³-hybridized carbons (Fsp3) is 0.346. The number of rotatable bonds is 5. The molecule has 2 fully saturated rings. The number of thiazole rings is 1. The van der Waals surface area contributed by atoms with Crippen LogP contribution in [0.1, 0.15) is 17.8 Å². The molecule has 0 spiro atoms. The van der Waals surface area contributed by atoms with Crippen molar-refractivity contribution in [1.29, 1.82) is 0 Å². The van der Waals surface area contributed by atoms with E-state index < -0.39 is 0 Å². The number of pyridine rings is 1. The number of nitrogens with one attached hydrogen (secondary N) is 1. The molecule has 1 amide bonds. The second kappa shape index (κ2) is 8.93. The second-order valence-corrected chi connectivity index (χ2v) is 10.7. The van der Waals surface area contributed by atoms with Gasteiger partial charge in [-0.2, -0.15) is 0 Å². The lowest BCUT2D eigenvalue weighted by atomic mass is 10.1. The molecule has 6 heterocycles. The molecule has 10 nitrogen and oxygen atoms in total. The molecule has 1 atom stereocenters. The molecule has 37 heavy (non-hydrogen) atoms. The zero-order chi connectivity index (χ0) is 24.9. The average Bonchev–Trinajstić information content (AvgIpc) is 3.60. The SMILES string of the molecule is C[C@@H]1CN(c2sc(C3COC3)nc2-c2nc3ccccc3[nH]2)CCN1C(=O)Cn1cnc2cccnc21. The molecule has 1 N–H and O–H groups in total. The third-order valence-electron chi connectivity index (χ3n) is 7.14. The quantitative estimate of drug-likeness (QED) is 0.384. The highest BCUT2D eigenvalue weighted by molar-refractivity contribution is 7.16. The zero-order valence-corrected chi connectivity index (χ0v) is 21.2. The van der Waals surface area contributed by atoms with Crippen LogP contribution in [0.3, 0.4) is 0 Å². The molecule has 4 aromatic heterocycles. The van der Waals surface area contributed by atoms with Crippen molar-refractivity contribution >= 4 is 44.4 Å². The van der Waals surface area contributed by atoms with E-state index in [1.54, 1.807) is 23.9 Å². The molecule has 188 valence electrons. The highest BCUT2D eigenvalue weighted by Gasteiger charge is 2.33. The number of para-hydroxylation sites is 2. The smallest absolute Gasteiger partial charge is 0.242 e. The standard InChI is InChI=1S/C26H26N8O2S/c1-16-11-32(9-10-34(16)21(35)12-33-15-28-20-7-4-8-27-24(20)33)26-22(31-25(37-26)17-13-36-14-17)23-29-18-5-2-3-6-19(18)30-23/h2-8,15-17H,9-14H2,1H3,(H,29,30)/t16-/m1/s1. The van der Waals surface area contributed by atoms with Gasteiger partial charge in [-0.15, -0.1) is 11.3 Å². The lowest BCUT2D eigenvalue weighted by Crippen LogP contribution is -2.54. The van der Waals surface area contributed by atoms with Gasteiger partial charge in [-0.05, 0) is 31.2 Å². The summed E-state index contributed by atoms with van der Waals surface area (Å²) in [5.41, 5.74) is 4.33. The van der Waals surface area contributed by atoms with Crippen LogP contribution in [0.25, 0.3) is 33.7 Å². The molecule has 0 aliphatic carbocycles. The van der Waals surface area contributed by atoms with Gasteiger partial charge in [0, 0.05) is 31.9 Å². The predicted molar refractivity (Wildman–Crippen MR) is 142 cm³/mol. The first kappa shape index (κ1) is 22.4. The Balaban J connectivity index is 1.13. The molecule has 7 rings (SSSR count). The normalized spacial score (nSPS) is 18.6. The van der Waals surface area contributed by atoms with Crippen molar-refractivity contribution in [2.75, 3.05) is 37.7 Å². The Labute approximate surface area is 216 Å². The summed E-state index contributed by atoms with van der Waals surface area (Å²) < 4.78 is 7.27. The molecular formula is C26H26N8O2S. The third kappa shape index (κ3) is 3.94. The van der Waals surface area contributed by atoms with E-state index in [0.29, 0.717) is 25.7 Å². The average molecular weight is 515 g/mol. The number of aromatic nitrogens is 6. The van der Waals surface area contributed by atoms with Crippen molar-refractivity contribution in [3.63, 3.8) is 0 Å². The maximum absolute atomic E-state index is 13.3. The van der Waals surface area contributed by atoms with Gasteiger partial charge in [0.05, 0.1) is 36.5 Å². The summed E-state index contributed by atoms with van der Waals surface area (Å²) in [5, 5.41) is 2.19. The first-order chi connectivity index (χ1) is 18.1. The molecular weight excluding hydrogens is 488 g/mol. The van der Waals surface area contributed by atoms with Crippen LogP contribution in [0, 0.1) is 0 Å². The molecule has 2 saturated heterocycles. The molecule has 2 aliphatic heterocycles. The molecule has 1 aromatic carbocycles. The Bertz CT molecular complexity index is 1570. The fourth-order valence-corrected chi connectivity index (χ4v) is 6.25. The van der Waals surface area contributed by atoms with Gasteiger partial charge in [0.25, 0.3) is 0 Å². The monoisotopic (exact) mass is 514 g/mol. The van der Waals surface area contributed by atoms with Gasteiger partial charge >= 0.3 is 0 Å². The van der Waals surface area contributed by atoms with E-state index in [-0.39, 0.29) is 18.5 Å². The number of benzene rings is 1. The van der Waals surface area contributed by atoms with Gasteiger partial charge in [-0.25, -0.2) is 19.9 Å². The number of ether oxygens (including phenoxy) is 1. The molecule has 11 heteroatoms. The lowest BCUT2D eigenvalue weighted by Gasteiger charge is -2.40. The molecule has 2 aliphatic rings. The van der Waals surface area contributed by atoms with Gasteiger partial charge in [0.1, 0.15) is 27.8 Å². The van der Waals surface area contributed by atoms with Crippen molar-refractivity contribution in [3.05, 3.63) is 53.9 Å². The summed E-state index contributed by atoms with van der Waals surface area (Å²) in [4.78, 5) is 39.7. The Morgan fingerprint density at radius 1 is 1.11 bits per heavy atom. The van der Waals surface area contributed by atoms with Crippen molar-refractivity contribution in [2.24, 2.45) is 0 Å². The molecule has 5 aromatic rings. The lowest BCUT2D eigenvalue weighted by molar-refractivity contribution is -0.134. The summed E-state index contributed by atoms with van der Waals surface area (Å²) in [6.07, 6.45) is 3.42. The number of fused-ring (bicyclic) bond motifs is 2. The Morgan fingerprint density at radius 2 is 1.97 bits per heavy atom. The van der Waals surface area contributed by atoms with E-state index in [1.807, 2.05) is 45.9 Å². The van der Waals surface area contributed by atoms with Crippen molar-refractivity contribution in [1.82, 2.24) is 34.4 Å². The highest BCUT2D eigenvalue weighted by Crippen LogP contribution is 2.40. The molecule has 0 unspecified atom stereocenters. The molecule has 0 saturated carbocycles. The number of carbonyl (C=O) groups is 1. The summed E-state index contributed by atoms with van der Waals surface area (Å²) in [5.74, 6) is 1.19. The summed E-state index contributed by atoms with van der Waals surface area (Å²) >= 11 is 1.72. The molecule has 0 radical (unpaired) electrons. The number of imidazole rings is 2. The maximum Gasteiger partial charge on any atom is 0.242 e. The van der Waals surface area contributed by atoms with Gasteiger partial charge in [-0.1, -0.05) is 12.1 Å². The van der Waals surface area contributed by atoms with Gasteiger partial charge in [-0.3, -0.25) is 4.79 Å². The number of piperazine rings is 1. The van der Waals surface area contributed by atoms with Gasteiger partial charge < -0.3 is 24.1 Å². The maximum atomic E-state index is 13.3. The summed E-state index contributed by atoms with van der Waals surface area (Å²) in [6.45, 7) is 5.86. The van der Waals surface area contributed by atoms with Crippen LogP contribution in [0.2, 0.25) is 0 Å². The third-order valence-corrected chi connectivity index (χ3v) is 8.42. The minimum Gasteiger partial charge on any atom is -0.380 e. The Kier molecular flexibility index (Phi) is 5.40. The van der Waals surface area contributed by atoms with E-state index in [0.717, 1.165) is 56.8 Å². The Hall–Kier alpha value is -3.83. The van der Waals surface area contributed by atoms with Crippen LogP contribution >= 0.6 is 11.3 Å². The van der Waals surface area contributed by atoms with Crippen LogP contribution in [-0.2, 0) is 16.1 Å². The van der Waals surface area contributed by atoms with E-state index in [4.69, 9.17) is 14.7 Å². The zero-order valence-electron chi connectivity index (χ0n) is 20.4. The molecule has 0 bridgehead atoms. The number of amides is 1. The number of nitrogens with zero attached hydrogens (tertiary/aromatic N) is 7. The second-order valence-electron chi connectivity index (χ2n) is 9.64. The minimum absolute atomic E-state index is 0.0464. The van der Waals surface area contributed by atoms with Crippen LogP contribution in [0.5, 0.6) is 0 Å². The largest absolute Gasteiger partial charge is 0.380 e. The van der Waals surface area contributed by atoms with Gasteiger partial charge in [0.15, 0.2) is 11.5 Å². The fourth-order valence-electron chi connectivity index (χ4n) is 5.08. The van der Waals surface area contributed by atoms with Crippen molar-refractivity contribution in [2.45, 2.75) is 25.4 Å². The van der Waals surface area contributed by atoms with E-state index in [2.05, 4.69) is 26.8 Å². The number of aromatic amines is 1. The highest BCUT2D eigenvalue weighted by atomic mass is 32.1. The van der Waals surface area contributed by atoms with Crippen LogP contribution in [0.4, 0.5) is 5.00 Å². The van der Waals surface area contributed by atoms with Crippen molar-refractivity contribution < 1.29 is 9.53 Å². The van der Waals surface area contributed by atoms with Crippen molar-refractivity contribution in [3.8, 4) is 11.5 Å². The van der Waals surface area contributed by atoms with Gasteiger partial charge in [0.2, 0.25) is 5.91 Å². The number of hydrogen-bond acceptors (Lipinski definition) is 8. The van der Waals surface area contributed by atoms with Crippen LogP contribution in [0.15, 0.2) is 48.9 Å². The van der Waals surface area contributed by atoms with Crippen LogP contribution < -0.4 is 4.90 Å². The number of hydrogen-bond donors (Lipinski definition) is 1.